The van der Waals surface area contributed by atoms with Gasteiger partial charge in [-0.1, -0.05) is 18.2 Å². The summed E-state index contributed by atoms with van der Waals surface area (Å²) < 4.78 is 20.4. The predicted molar refractivity (Wildman–Crippen MR) is 117 cm³/mol. The number of aromatic nitrogens is 5. The molecule has 0 radical (unpaired) electrons. The van der Waals surface area contributed by atoms with E-state index in [4.69, 9.17) is 10.5 Å². The van der Waals surface area contributed by atoms with Crippen molar-refractivity contribution < 1.29 is 9.13 Å². The second-order valence-electron chi connectivity index (χ2n) is 6.89. The Morgan fingerprint density at radius 3 is 2.65 bits per heavy atom. The van der Waals surface area contributed by atoms with Gasteiger partial charge in [0.25, 0.3) is 0 Å². The zero-order valence-electron chi connectivity index (χ0n) is 16.5. The van der Waals surface area contributed by atoms with Crippen molar-refractivity contribution in [3.8, 4) is 39.4 Å². The number of anilines is 1. The van der Waals surface area contributed by atoms with Gasteiger partial charge in [-0.2, -0.15) is 5.10 Å². The Bertz CT molecular complexity index is 1410. The molecule has 3 aromatic heterocycles. The van der Waals surface area contributed by atoms with Gasteiger partial charge in [0, 0.05) is 34.5 Å². The van der Waals surface area contributed by atoms with Crippen molar-refractivity contribution in [1.82, 2.24) is 25.1 Å². The molecule has 31 heavy (non-hydrogen) atoms. The van der Waals surface area contributed by atoms with E-state index in [9.17, 15) is 4.39 Å². The van der Waals surface area contributed by atoms with Crippen molar-refractivity contribution in [3.63, 3.8) is 0 Å². The third-order valence-electron chi connectivity index (χ3n) is 5.03. The molecule has 2 aromatic carbocycles. The Labute approximate surface area is 176 Å². The van der Waals surface area contributed by atoms with E-state index in [0.29, 0.717) is 28.2 Å². The van der Waals surface area contributed by atoms with Gasteiger partial charge in [-0.3, -0.25) is 5.10 Å². The Balaban J connectivity index is 1.59. The maximum Gasteiger partial charge on any atom is 0.220 e. The number of nitrogens with two attached hydrogens (primary N) is 1. The molecule has 0 aliphatic rings. The molecule has 0 unspecified atom stereocenters. The van der Waals surface area contributed by atoms with Gasteiger partial charge >= 0.3 is 0 Å². The van der Waals surface area contributed by atoms with Crippen molar-refractivity contribution in [2.24, 2.45) is 0 Å². The number of pyridine rings is 1. The summed E-state index contributed by atoms with van der Waals surface area (Å²) in [4.78, 5) is 12.4. The predicted octanol–water partition coefficient (Wildman–Crippen LogP) is 4.48. The van der Waals surface area contributed by atoms with E-state index in [1.165, 1.54) is 12.3 Å². The fourth-order valence-electron chi connectivity index (χ4n) is 3.53. The first-order chi connectivity index (χ1) is 15.1. The SMILES string of the molecule is COc1ccccc1-c1n[nH]c2ncc(-c3ccc(-c4ccnc(N)n4)c(F)c3)cc12. The summed E-state index contributed by atoms with van der Waals surface area (Å²) in [5.41, 5.74) is 10.0. The third kappa shape index (κ3) is 3.33. The summed E-state index contributed by atoms with van der Waals surface area (Å²) in [5, 5.41) is 8.18. The Morgan fingerprint density at radius 1 is 0.968 bits per heavy atom. The zero-order valence-corrected chi connectivity index (χ0v) is 16.5. The summed E-state index contributed by atoms with van der Waals surface area (Å²) in [6.45, 7) is 0. The molecule has 5 rings (SSSR count). The molecule has 0 amide bonds. The molecule has 3 heterocycles. The van der Waals surface area contributed by atoms with E-state index in [2.05, 4.69) is 25.1 Å². The summed E-state index contributed by atoms with van der Waals surface area (Å²) >= 11 is 0. The highest BCUT2D eigenvalue weighted by atomic mass is 19.1. The average Bonchev–Trinajstić information content (AvgIpc) is 3.22. The topological polar surface area (TPSA) is 103 Å². The minimum atomic E-state index is -0.409. The highest BCUT2D eigenvalue weighted by Gasteiger charge is 2.15. The first-order valence-corrected chi connectivity index (χ1v) is 9.50. The molecule has 0 atom stereocenters. The van der Waals surface area contributed by atoms with Crippen LogP contribution < -0.4 is 10.5 Å². The van der Waals surface area contributed by atoms with Crippen LogP contribution in [-0.2, 0) is 0 Å². The molecule has 5 aromatic rings. The fraction of sp³-hybridized carbons (Fsp3) is 0.0435. The number of methoxy groups -OCH3 is 1. The van der Waals surface area contributed by atoms with Crippen molar-refractivity contribution in [2.45, 2.75) is 0 Å². The second-order valence-corrected chi connectivity index (χ2v) is 6.89. The number of halogens is 1. The van der Waals surface area contributed by atoms with Crippen molar-refractivity contribution in [3.05, 3.63) is 72.8 Å². The van der Waals surface area contributed by atoms with Crippen LogP contribution in [-0.4, -0.2) is 32.3 Å². The molecule has 0 aliphatic carbocycles. The quantitative estimate of drug-likeness (QED) is 0.451. The largest absolute Gasteiger partial charge is 0.496 e. The molecule has 0 fully saturated rings. The lowest BCUT2D eigenvalue weighted by molar-refractivity contribution is 0.416. The van der Waals surface area contributed by atoms with E-state index in [0.717, 1.165) is 22.2 Å². The highest BCUT2D eigenvalue weighted by Crippen LogP contribution is 2.35. The number of nitrogens with zero attached hydrogens (tertiary/aromatic N) is 4. The average molecular weight is 412 g/mol. The summed E-state index contributed by atoms with van der Waals surface area (Å²) in [7, 11) is 1.62. The molecule has 8 heteroatoms. The van der Waals surface area contributed by atoms with Crippen LogP contribution in [0.1, 0.15) is 0 Å². The molecule has 0 saturated carbocycles. The maximum atomic E-state index is 14.9. The van der Waals surface area contributed by atoms with Crippen LogP contribution in [0.5, 0.6) is 5.75 Å². The van der Waals surface area contributed by atoms with Crippen LogP contribution in [0.4, 0.5) is 10.3 Å². The number of aromatic amines is 1. The number of H-pyrrole nitrogens is 1. The molecule has 3 N–H and O–H groups in total. The van der Waals surface area contributed by atoms with E-state index < -0.39 is 5.82 Å². The van der Waals surface area contributed by atoms with Crippen LogP contribution in [0.25, 0.3) is 44.7 Å². The van der Waals surface area contributed by atoms with E-state index in [-0.39, 0.29) is 5.95 Å². The molecular formula is C23H17FN6O. The van der Waals surface area contributed by atoms with Crippen molar-refractivity contribution >= 4 is 17.0 Å². The van der Waals surface area contributed by atoms with E-state index >= 15 is 0 Å². The normalized spacial score (nSPS) is 11.0. The molecule has 0 spiro atoms. The van der Waals surface area contributed by atoms with Crippen LogP contribution in [0, 0.1) is 5.82 Å². The summed E-state index contributed by atoms with van der Waals surface area (Å²) in [5.74, 6) is 0.396. The highest BCUT2D eigenvalue weighted by molar-refractivity contribution is 5.94. The molecular weight excluding hydrogens is 395 g/mol. The van der Waals surface area contributed by atoms with Gasteiger partial charge in [0.15, 0.2) is 5.65 Å². The minimum absolute atomic E-state index is 0.0967. The van der Waals surface area contributed by atoms with Crippen LogP contribution in [0.15, 0.2) is 67.0 Å². The van der Waals surface area contributed by atoms with Crippen molar-refractivity contribution in [1.29, 1.82) is 0 Å². The van der Waals surface area contributed by atoms with Gasteiger partial charge in [-0.05, 0) is 42.0 Å². The van der Waals surface area contributed by atoms with Crippen molar-refractivity contribution in [2.75, 3.05) is 12.8 Å². The van der Waals surface area contributed by atoms with Gasteiger partial charge in [-0.15, -0.1) is 0 Å². The lowest BCUT2D eigenvalue weighted by Crippen LogP contribution is -1.96. The summed E-state index contributed by atoms with van der Waals surface area (Å²) in [6.07, 6.45) is 3.19. The van der Waals surface area contributed by atoms with Gasteiger partial charge in [0.1, 0.15) is 17.3 Å². The number of fused-ring (bicyclic) bond motifs is 1. The Kier molecular flexibility index (Phi) is 4.51. The van der Waals surface area contributed by atoms with E-state index in [1.54, 1.807) is 25.4 Å². The molecule has 7 nitrogen and oxygen atoms in total. The number of hydrogen-bond donors (Lipinski definition) is 2. The van der Waals surface area contributed by atoms with Gasteiger partial charge in [0.05, 0.1) is 12.8 Å². The van der Waals surface area contributed by atoms with Gasteiger partial charge in [-0.25, -0.2) is 19.3 Å². The number of ether oxygens (including phenoxy) is 1. The smallest absolute Gasteiger partial charge is 0.220 e. The number of nitrogens with one attached hydrogen (secondary N) is 1. The number of rotatable bonds is 4. The lowest BCUT2D eigenvalue weighted by atomic mass is 10.0. The van der Waals surface area contributed by atoms with Gasteiger partial charge in [0.2, 0.25) is 5.95 Å². The lowest BCUT2D eigenvalue weighted by Gasteiger charge is -2.08. The molecule has 0 aliphatic heterocycles. The van der Waals surface area contributed by atoms with Crippen LogP contribution in [0.2, 0.25) is 0 Å². The monoisotopic (exact) mass is 412 g/mol. The number of hydrogen-bond acceptors (Lipinski definition) is 6. The molecule has 0 saturated heterocycles. The third-order valence-corrected chi connectivity index (χ3v) is 5.03. The van der Waals surface area contributed by atoms with Crippen LogP contribution in [0.3, 0.4) is 0 Å². The maximum absolute atomic E-state index is 14.9. The zero-order chi connectivity index (χ0) is 21.4. The second kappa shape index (κ2) is 7.49. The Hall–Kier alpha value is -4.33. The molecule has 152 valence electrons. The fourth-order valence-corrected chi connectivity index (χ4v) is 3.53. The number of para-hydroxylation sites is 1. The first-order valence-electron chi connectivity index (χ1n) is 9.50. The number of benzene rings is 2. The minimum Gasteiger partial charge on any atom is -0.496 e. The molecule has 0 bridgehead atoms. The first kappa shape index (κ1) is 18.7. The standard InChI is InChI=1S/C23H17FN6O/c1-31-20-5-3-2-4-16(20)21-17-10-14(12-27-22(17)30-29-21)13-6-7-15(18(24)11-13)19-8-9-26-23(25)28-19/h2-12H,1H3,(H2,25,26,28)(H,27,29,30). The Morgan fingerprint density at radius 2 is 1.84 bits per heavy atom. The summed E-state index contributed by atoms with van der Waals surface area (Å²) in [6, 6.07) is 16.1. The van der Waals surface area contributed by atoms with Crippen LogP contribution >= 0.6 is 0 Å². The van der Waals surface area contributed by atoms with E-state index in [1.807, 2.05) is 36.4 Å². The van der Waals surface area contributed by atoms with Gasteiger partial charge < -0.3 is 10.5 Å². The number of nitrogen functional groups attached to an aromatic ring is 1.